The van der Waals surface area contributed by atoms with E-state index in [9.17, 15) is 0 Å². The van der Waals surface area contributed by atoms with Crippen LogP contribution in [-0.2, 0) is 5.41 Å². The van der Waals surface area contributed by atoms with Gasteiger partial charge in [0.25, 0.3) is 0 Å². The van der Waals surface area contributed by atoms with Gasteiger partial charge in [-0.2, -0.15) is 4.98 Å². The molecule has 0 spiro atoms. The van der Waals surface area contributed by atoms with E-state index in [0.29, 0.717) is 5.89 Å². The van der Waals surface area contributed by atoms with Crippen molar-refractivity contribution in [2.24, 2.45) is 5.73 Å². The molecule has 2 aromatic rings. The van der Waals surface area contributed by atoms with Crippen LogP contribution in [0, 0.1) is 0 Å². The van der Waals surface area contributed by atoms with Crippen LogP contribution in [0.25, 0.3) is 0 Å². The lowest BCUT2D eigenvalue weighted by molar-refractivity contribution is 0.359. The molecule has 1 heterocycles. The number of rotatable bonds is 3. The largest absolute Gasteiger partial charge is 0.337 e. The fourth-order valence-electron chi connectivity index (χ4n) is 1.82. The van der Waals surface area contributed by atoms with E-state index in [1.807, 2.05) is 30.3 Å². The third kappa shape index (κ3) is 1.85. The van der Waals surface area contributed by atoms with Gasteiger partial charge in [0.1, 0.15) is 6.04 Å². The molecule has 0 aliphatic heterocycles. The highest BCUT2D eigenvalue weighted by molar-refractivity contribution is 5.24. The molecule has 0 unspecified atom stereocenters. The third-order valence-electron chi connectivity index (χ3n) is 3.41. The first-order valence-corrected chi connectivity index (χ1v) is 5.84. The molecule has 1 fully saturated rings. The second-order valence-corrected chi connectivity index (χ2v) is 4.91. The van der Waals surface area contributed by atoms with Crippen LogP contribution < -0.4 is 5.73 Å². The number of benzene rings is 1. The summed E-state index contributed by atoms with van der Waals surface area (Å²) >= 11 is 0. The highest BCUT2D eigenvalue weighted by Crippen LogP contribution is 2.46. The van der Waals surface area contributed by atoms with E-state index in [-0.39, 0.29) is 11.5 Å². The molecule has 0 bridgehead atoms. The number of hydrogen-bond donors (Lipinski definition) is 1. The maximum Gasteiger partial charge on any atom is 0.248 e. The maximum absolute atomic E-state index is 6.10. The summed E-state index contributed by atoms with van der Waals surface area (Å²) in [6.45, 7) is 2.15. The molecule has 4 heteroatoms. The summed E-state index contributed by atoms with van der Waals surface area (Å²) in [6.07, 6.45) is 2.26. The summed E-state index contributed by atoms with van der Waals surface area (Å²) in [4.78, 5) is 4.42. The van der Waals surface area contributed by atoms with E-state index < -0.39 is 0 Å². The summed E-state index contributed by atoms with van der Waals surface area (Å²) in [5.74, 6) is 1.29. The third-order valence-corrected chi connectivity index (χ3v) is 3.41. The Hall–Kier alpha value is -1.68. The first-order valence-electron chi connectivity index (χ1n) is 5.84. The van der Waals surface area contributed by atoms with Gasteiger partial charge in [0.05, 0.1) is 0 Å². The monoisotopic (exact) mass is 229 g/mol. The van der Waals surface area contributed by atoms with Crippen molar-refractivity contribution in [3.63, 3.8) is 0 Å². The van der Waals surface area contributed by atoms with Crippen LogP contribution in [0.15, 0.2) is 34.9 Å². The van der Waals surface area contributed by atoms with Crippen LogP contribution in [0.3, 0.4) is 0 Å². The van der Waals surface area contributed by atoms with E-state index in [0.717, 1.165) is 24.2 Å². The van der Waals surface area contributed by atoms with Gasteiger partial charge in [0, 0.05) is 5.41 Å². The minimum Gasteiger partial charge on any atom is -0.337 e. The maximum atomic E-state index is 6.10. The quantitative estimate of drug-likeness (QED) is 0.876. The van der Waals surface area contributed by atoms with Crippen LogP contribution >= 0.6 is 0 Å². The molecule has 0 amide bonds. The molecule has 1 atom stereocenters. The van der Waals surface area contributed by atoms with E-state index in [2.05, 4.69) is 17.1 Å². The second kappa shape index (κ2) is 3.67. The molecule has 0 radical (unpaired) electrons. The van der Waals surface area contributed by atoms with Gasteiger partial charge in [-0.15, -0.1) is 0 Å². The summed E-state index contributed by atoms with van der Waals surface area (Å²) in [5, 5.41) is 4.03. The zero-order valence-corrected chi connectivity index (χ0v) is 9.76. The lowest BCUT2D eigenvalue weighted by Gasteiger charge is -2.05. The standard InChI is InChI=1S/C13H15N3O/c1-13(7-8-13)12-15-11(17-16-12)10(14)9-5-3-2-4-6-9/h2-6,10H,7-8,14H2,1H3/t10-/m1/s1. The van der Waals surface area contributed by atoms with E-state index in [1.165, 1.54) is 0 Å². The molecule has 2 N–H and O–H groups in total. The smallest absolute Gasteiger partial charge is 0.248 e. The zero-order chi connectivity index (χ0) is 11.9. The van der Waals surface area contributed by atoms with Crippen molar-refractivity contribution in [1.82, 2.24) is 10.1 Å². The summed E-state index contributed by atoms with van der Waals surface area (Å²) in [6, 6.07) is 9.46. The molecule has 1 aromatic heterocycles. The van der Waals surface area contributed by atoms with E-state index >= 15 is 0 Å². The number of aromatic nitrogens is 2. The van der Waals surface area contributed by atoms with Gasteiger partial charge in [-0.1, -0.05) is 42.4 Å². The molecular formula is C13H15N3O. The van der Waals surface area contributed by atoms with Crippen molar-refractivity contribution in [3.8, 4) is 0 Å². The minimum atomic E-state index is -0.334. The zero-order valence-electron chi connectivity index (χ0n) is 9.76. The summed E-state index contributed by atoms with van der Waals surface area (Å²) < 4.78 is 5.26. The topological polar surface area (TPSA) is 64.9 Å². The molecule has 0 saturated heterocycles. The molecule has 1 saturated carbocycles. The van der Waals surface area contributed by atoms with Crippen molar-refractivity contribution in [1.29, 1.82) is 0 Å². The van der Waals surface area contributed by atoms with Crippen LogP contribution in [0.4, 0.5) is 0 Å². The average Bonchev–Trinajstić information content (AvgIpc) is 2.94. The van der Waals surface area contributed by atoms with Gasteiger partial charge >= 0.3 is 0 Å². The molecule has 3 rings (SSSR count). The summed E-state index contributed by atoms with van der Waals surface area (Å²) in [5.41, 5.74) is 7.21. The predicted octanol–water partition coefficient (Wildman–Crippen LogP) is 2.17. The Morgan fingerprint density at radius 2 is 2.00 bits per heavy atom. The molecule has 1 aromatic carbocycles. The molecule has 17 heavy (non-hydrogen) atoms. The van der Waals surface area contributed by atoms with Gasteiger partial charge in [0.2, 0.25) is 5.89 Å². The number of hydrogen-bond acceptors (Lipinski definition) is 4. The lowest BCUT2D eigenvalue weighted by atomic mass is 10.1. The predicted molar refractivity (Wildman–Crippen MR) is 63.4 cm³/mol. The fourth-order valence-corrected chi connectivity index (χ4v) is 1.82. The van der Waals surface area contributed by atoms with Crippen molar-refractivity contribution in [2.75, 3.05) is 0 Å². The van der Waals surface area contributed by atoms with E-state index in [1.54, 1.807) is 0 Å². The number of nitrogens with two attached hydrogens (primary N) is 1. The fraction of sp³-hybridized carbons (Fsp3) is 0.385. The van der Waals surface area contributed by atoms with Crippen LogP contribution in [0.5, 0.6) is 0 Å². The first kappa shape index (κ1) is 10.5. The Kier molecular flexibility index (Phi) is 2.26. The Morgan fingerprint density at radius 1 is 1.29 bits per heavy atom. The highest BCUT2D eigenvalue weighted by Gasteiger charge is 2.43. The molecular weight excluding hydrogens is 214 g/mol. The normalized spacial score (nSPS) is 18.9. The van der Waals surface area contributed by atoms with Gasteiger partial charge < -0.3 is 10.3 Å². The van der Waals surface area contributed by atoms with Gasteiger partial charge in [-0.25, -0.2) is 0 Å². The van der Waals surface area contributed by atoms with Gasteiger partial charge in [-0.05, 0) is 18.4 Å². The highest BCUT2D eigenvalue weighted by atomic mass is 16.5. The van der Waals surface area contributed by atoms with Crippen molar-refractivity contribution in [2.45, 2.75) is 31.2 Å². The average molecular weight is 229 g/mol. The van der Waals surface area contributed by atoms with Crippen molar-refractivity contribution < 1.29 is 4.52 Å². The van der Waals surface area contributed by atoms with Crippen LogP contribution in [-0.4, -0.2) is 10.1 Å². The minimum absolute atomic E-state index is 0.123. The Labute approximate surface area is 99.8 Å². The molecule has 1 aliphatic rings. The molecule has 4 nitrogen and oxygen atoms in total. The Bertz CT molecular complexity index is 516. The molecule has 1 aliphatic carbocycles. The molecule has 88 valence electrons. The lowest BCUT2D eigenvalue weighted by Crippen LogP contribution is -2.12. The number of nitrogens with zero attached hydrogens (tertiary/aromatic N) is 2. The van der Waals surface area contributed by atoms with Gasteiger partial charge in [0.15, 0.2) is 5.82 Å². The van der Waals surface area contributed by atoms with Crippen molar-refractivity contribution in [3.05, 3.63) is 47.6 Å². The van der Waals surface area contributed by atoms with Crippen LogP contribution in [0.2, 0.25) is 0 Å². The Morgan fingerprint density at radius 3 is 2.65 bits per heavy atom. The second-order valence-electron chi connectivity index (χ2n) is 4.91. The Balaban J connectivity index is 1.87. The van der Waals surface area contributed by atoms with E-state index in [4.69, 9.17) is 10.3 Å². The van der Waals surface area contributed by atoms with Gasteiger partial charge in [-0.3, -0.25) is 0 Å². The first-order chi connectivity index (χ1) is 8.19. The summed E-state index contributed by atoms with van der Waals surface area (Å²) in [7, 11) is 0. The SMILES string of the molecule is CC1(c2noc([C@H](N)c3ccccc3)n2)CC1. The van der Waals surface area contributed by atoms with Crippen LogP contribution in [0.1, 0.15) is 43.1 Å². The van der Waals surface area contributed by atoms with Crippen molar-refractivity contribution >= 4 is 0 Å².